The Labute approximate surface area is 99.4 Å². The SMILES string of the molecule is Cc1cc(Br)c(-c2ccco2)c(Br)c1. The molecule has 1 aromatic heterocycles. The summed E-state index contributed by atoms with van der Waals surface area (Å²) in [5.41, 5.74) is 2.26. The Kier molecular flexibility index (Phi) is 2.79. The van der Waals surface area contributed by atoms with E-state index in [1.807, 2.05) is 12.1 Å². The fourth-order valence-corrected chi connectivity index (χ4v) is 3.16. The number of benzene rings is 1. The molecular weight excluding hydrogens is 308 g/mol. The molecule has 2 rings (SSSR count). The summed E-state index contributed by atoms with van der Waals surface area (Å²) in [4.78, 5) is 0. The third kappa shape index (κ3) is 1.79. The smallest absolute Gasteiger partial charge is 0.136 e. The van der Waals surface area contributed by atoms with Crippen LogP contribution in [0.4, 0.5) is 0 Å². The molecule has 0 unspecified atom stereocenters. The molecule has 0 aliphatic heterocycles. The first-order valence-electron chi connectivity index (χ1n) is 4.18. The van der Waals surface area contributed by atoms with Gasteiger partial charge in [-0.2, -0.15) is 0 Å². The van der Waals surface area contributed by atoms with E-state index in [0.29, 0.717) is 0 Å². The van der Waals surface area contributed by atoms with E-state index in [4.69, 9.17) is 4.42 Å². The molecule has 0 saturated heterocycles. The highest BCUT2D eigenvalue weighted by Crippen LogP contribution is 2.36. The molecule has 0 amide bonds. The fraction of sp³-hybridized carbons (Fsp3) is 0.0909. The average molecular weight is 316 g/mol. The van der Waals surface area contributed by atoms with Gasteiger partial charge in [0.15, 0.2) is 0 Å². The van der Waals surface area contributed by atoms with Gasteiger partial charge in [-0.15, -0.1) is 0 Å². The molecule has 14 heavy (non-hydrogen) atoms. The van der Waals surface area contributed by atoms with Gasteiger partial charge < -0.3 is 4.42 Å². The minimum Gasteiger partial charge on any atom is -0.464 e. The van der Waals surface area contributed by atoms with Gasteiger partial charge in [0.25, 0.3) is 0 Å². The molecule has 0 radical (unpaired) electrons. The number of furan rings is 1. The molecule has 0 aliphatic carbocycles. The van der Waals surface area contributed by atoms with Crippen LogP contribution in [0, 0.1) is 6.92 Å². The summed E-state index contributed by atoms with van der Waals surface area (Å²) in [7, 11) is 0. The van der Waals surface area contributed by atoms with Crippen LogP contribution in [0.1, 0.15) is 5.56 Å². The van der Waals surface area contributed by atoms with Crippen molar-refractivity contribution in [2.24, 2.45) is 0 Å². The van der Waals surface area contributed by atoms with Crippen LogP contribution in [0.25, 0.3) is 11.3 Å². The van der Waals surface area contributed by atoms with Crippen molar-refractivity contribution >= 4 is 31.9 Å². The molecule has 0 fully saturated rings. The van der Waals surface area contributed by atoms with Gasteiger partial charge in [-0.25, -0.2) is 0 Å². The van der Waals surface area contributed by atoms with Crippen molar-refractivity contribution in [3.63, 3.8) is 0 Å². The molecule has 0 N–H and O–H groups in total. The Balaban J connectivity index is 2.64. The van der Waals surface area contributed by atoms with Crippen LogP contribution >= 0.6 is 31.9 Å². The molecule has 72 valence electrons. The van der Waals surface area contributed by atoms with Crippen molar-refractivity contribution in [3.8, 4) is 11.3 Å². The minimum atomic E-state index is 0.865. The van der Waals surface area contributed by atoms with Crippen LogP contribution in [-0.4, -0.2) is 0 Å². The van der Waals surface area contributed by atoms with Crippen LogP contribution in [0.5, 0.6) is 0 Å². The van der Waals surface area contributed by atoms with Crippen LogP contribution < -0.4 is 0 Å². The molecule has 0 aliphatic rings. The van der Waals surface area contributed by atoms with E-state index in [0.717, 1.165) is 20.3 Å². The van der Waals surface area contributed by atoms with Crippen LogP contribution in [-0.2, 0) is 0 Å². The maximum Gasteiger partial charge on any atom is 0.136 e. The molecular formula is C11H8Br2O. The van der Waals surface area contributed by atoms with Gasteiger partial charge in [-0.05, 0) is 68.6 Å². The lowest BCUT2D eigenvalue weighted by molar-refractivity contribution is 0.581. The largest absolute Gasteiger partial charge is 0.464 e. The molecule has 2 aromatic rings. The zero-order chi connectivity index (χ0) is 10.1. The predicted octanol–water partition coefficient (Wildman–Crippen LogP) is 4.78. The summed E-state index contributed by atoms with van der Waals surface area (Å²) in [5.74, 6) is 0.865. The van der Waals surface area contributed by atoms with Gasteiger partial charge in [0, 0.05) is 14.5 Å². The highest BCUT2D eigenvalue weighted by atomic mass is 79.9. The Morgan fingerprint density at radius 1 is 1.14 bits per heavy atom. The lowest BCUT2D eigenvalue weighted by atomic mass is 10.1. The van der Waals surface area contributed by atoms with Crippen molar-refractivity contribution < 1.29 is 4.42 Å². The third-order valence-electron chi connectivity index (χ3n) is 1.95. The van der Waals surface area contributed by atoms with Gasteiger partial charge in [-0.3, -0.25) is 0 Å². The highest BCUT2D eigenvalue weighted by molar-refractivity contribution is 9.11. The minimum absolute atomic E-state index is 0.865. The lowest BCUT2D eigenvalue weighted by Crippen LogP contribution is -1.82. The average Bonchev–Trinajstić information content (AvgIpc) is 2.54. The zero-order valence-corrected chi connectivity index (χ0v) is 10.7. The normalized spacial score (nSPS) is 10.5. The molecule has 0 bridgehead atoms. The number of aryl methyl sites for hydroxylation is 1. The van der Waals surface area contributed by atoms with E-state index in [-0.39, 0.29) is 0 Å². The first-order chi connectivity index (χ1) is 6.68. The second-order valence-corrected chi connectivity index (χ2v) is 4.79. The summed E-state index contributed by atoms with van der Waals surface area (Å²) in [5, 5.41) is 0. The maximum absolute atomic E-state index is 5.36. The van der Waals surface area contributed by atoms with Crippen molar-refractivity contribution in [2.75, 3.05) is 0 Å². The Morgan fingerprint density at radius 2 is 1.79 bits per heavy atom. The van der Waals surface area contributed by atoms with Crippen LogP contribution in [0.3, 0.4) is 0 Å². The Hall–Kier alpha value is -0.540. The molecule has 0 spiro atoms. The van der Waals surface area contributed by atoms with E-state index in [1.165, 1.54) is 5.56 Å². The topological polar surface area (TPSA) is 13.1 Å². The lowest BCUT2D eigenvalue weighted by Gasteiger charge is -2.05. The van der Waals surface area contributed by atoms with Crippen molar-refractivity contribution in [1.29, 1.82) is 0 Å². The second-order valence-electron chi connectivity index (χ2n) is 3.08. The number of hydrogen-bond acceptors (Lipinski definition) is 1. The molecule has 0 atom stereocenters. The standard InChI is InChI=1S/C11H8Br2O/c1-7-5-8(12)11(9(13)6-7)10-3-2-4-14-10/h2-6H,1H3. The third-order valence-corrected chi connectivity index (χ3v) is 3.20. The number of hydrogen-bond donors (Lipinski definition) is 0. The molecule has 0 saturated carbocycles. The van der Waals surface area contributed by atoms with E-state index in [1.54, 1.807) is 6.26 Å². The zero-order valence-electron chi connectivity index (χ0n) is 7.55. The second kappa shape index (κ2) is 3.91. The Morgan fingerprint density at radius 3 is 2.29 bits per heavy atom. The van der Waals surface area contributed by atoms with Gasteiger partial charge in [-0.1, -0.05) is 0 Å². The first kappa shape index (κ1) is 9.99. The summed E-state index contributed by atoms with van der Waals surface area (Å²) in [6.45, 7) is 2.06. The van der Waals surface area contributed by atoms with Crippen molar-refractivity contribution in [2.45, 2.75) is 6.92 Å². The summed E-state index contributed by atoms with van der Waals surface area (Å²) in [6.07, 6.45) is 1.67. The highest BCUT2D eigenvalue weighted by Gasteiger charge is 2.10. The van der Waals surface area contributed by atoms with Gasteiger partial charge in [0.1, 0.15) is 5.76 Å². The molecule has 1 nitrogen and oxygen atoms in total. The summed E-state index contributed by atoms with van der Waals surface area (Å²) in [6, 6.07) is 7.97. The van der Waals surface area contributed by atoms with Crippen molar-refractivity contribution in [1.82, 2.24) is 0 Å². The first-order valence-corrected chi connectivity index (χ1v) is 5.76. The van der Waals surface area contributed by atoms with Crippen LogP contribution in [0.2, 0.25) is 0 Å². The summed E-state index contributed by atoms with van der Waals surface area (Å²) >= 11 is 7.06. The molecule has 3 heteroatoms. The van der Waals surface area contributed by atoms with E-state index in [9.17, 15) is 0 Å². The van der Waals surface area contributed by atoms with Gasteiger partial charge >= 0.3 is 0 Å². The monoisotopic (exact) mass is 314 g/mol. The molecule has 1 aromatic carbocycles. The van der Waals surface area contributed by atoms with Gasteiger partial charge in [0.05, 0.1) is 6.26 Å². The van der Waals surface area contributed by atoms with Gasteiger partial charge in [0.2, 0.25) is 0 Å². The fourth-order valence-electron chi connectivity index (χ4n) is 1.36. The quantitative estimate of drug-likeness (QED) is 0.738. The number of halogens is 2. The number of rotatable bonds is 1. The van der Waals surface area contributed by atoms with Crippen LogP contribution in [0.15, 0.2) is 43.9 Å². The summed E-state index contributed by atoms with van der Waals surface area (Å²) < 4.78 is 7.44. The molecule has 1 heterocycles. The predicted molar refractivity (Wildman–Crippen MR) is 64.3 cm³/mol. The maximum atomic E-state index is 5.36. The van der Waals surface area contributed by atoms with Crippen molar-refractivity contribution in [3.05, 3.63) is 45.0 Å². The van der Waals surface area contributed by atoms with E-state index < -0.39 is 0 Å². The van der Waals surface area contributed by atoms with E-state index >= 15 is 0 Å². The van der Waals surface area contributed by atoms with E-state index in [2.05, 4.69) is 50.9 Å². The Bertz CT molecular complexity index is 423.